The zero-order valence-electron chi connectivity index (χ0n) is 16.8. The number of rotatable bonds is 6. The fourth-order valence-corrected chi connectivity index (χ4v) is 4.64. The molecule has 156 valence electrons. The van der Waals surface area contributed by atoms with Crippen LogP contribution in [0.5, 0.6) is 0 Å². The Balaban J connectivity index is 1.53. The van der Waals surface area contributed by atoms with Gasteiger partial charge in [0.2, 0.25) is 15.9 Å². The summed E-state index contributed by atoms with van der Waals surface area (Å²) in [5.41, 5.74) is 2.52. The van der Waals surface area contributed by atoms with Gasteiger partial charge in [-0.2, -0.15) is 4.31 Å². The molecular formula is C21H27FN3O3S+. The van der Waals surface area contributed by atoms with Crippen molar-refractivity contribution in [1.29, 1.82) is 0 Å². The molecule has 3 rings (SSSR count). The number of amides is 1. The highest BCUT2D eigenvalue weighted by atomic mass is 32.2. The number of sulfonamides is 1. The maximum atomic E-state index is 13.0. The molecule has 29 heavy (non-hydrogen) atoms. The summed E-state index contributed by atoms with van der Waals surface area (Å²) >= 11 is 0. The maximum absolute atomic E-state index is 13.0. The van der Waals surface area contributed by atoms with E-state index in [1.165, 1.54) is 35.2 Å². The van der Waals surface area contributed by atoms with Gasteiger partial charge in [0, 0.05) is 12.6 Å². The molecular weight excluding hydrogens is 393 g/mol. The van der Waals surface area contributed by atoms with Crippen LogP contribution in [0.25, 0.3) is 0 Å². The maximum Gasteiger partial charge on any atom is 0.243 e. The van der Waals surface area contributed by atoms with Gasteiger partial charge < -0.3 is 9.80 Å². The minimum absolute atomic E-state index is 0.0263. The monoisotopic (exact) mass is 420 g/mol. The standard InChI is InChI=1S/C21H26FN3O3S/c1-17-4-3-5-18(14-17)15-24-10-12-25(13-11-24)21(26)16-23(2)29(27,28)20-8-6-19(22)7-9-20/h3-9,14H,10-13,15-16H2,1-2H3/p+1. The van der Waals surface area contributed by atoms with Crippen molar-refractivity contribution in [3.05, 3.63) is 65.5 Å². The predicted molar refractivity (Wildman–Crippen MR) is 108 cm³/mol. The second kappa shape index (κ2) is 9.02. The highest BCUT2D eigenvalue weighted by Gasteiger charge is 2.28. The van der Waals surface area contributed by atoms with E-state index in [9.17, 15) is 17.6 Å². The molecule has 1 aliphatic heterocycles. The van der Waals surface area contributed by atoms with Crippen molar-refractivity contribution in [2.24, 2.45) is 0 Å². The molecule has 0 spiro atoms. The number of quaternary nitrogens is 1. The topological polar surface area (TPSA) is 62.1 Å². The minimum atomic E-state index is -3.83. The number of likely N-dealkylation sites (N-methyl/N-ethyl adjacent to an activating group) is 1. The number of hydrogen-bond acceptors (Lipinski definition) is 3. The number of benzene rings is 2. The van der Waals surface area contributed by atoms with Gasteiger partial charge in [-0.25, -0.2) is 12.8 Å². The quantitative estimate of drug-likeness (QED) is 0.748. The van der Waals surface area contributed by atoms with Crippen molar-refractivity contribution >= 4 is 15.9 Å². The van der Waals surface area contributed by atoms with E-state index in [1.54, 1.807) is 4.90 Å². The molecule has 0 aliphatic carbocycles. The van der Waals surface area contributed by atoms with E-state index >= 15 is 0 Å². The van der Waals surface area contributed by atoms with Gasteiger partial charge in [-0.15, -0.1) is 0 Å². The largest absolute Gasteiger partial charge is 0.330 e. The SMILES string of the molecule is Cc1cccc(C[NH+]2CCN(C(=O)CN(C)S(=O)(=O)c3ccc(F)cc3)CC2)c1. The van der Waals surface area contributed by atoms with E-state index in [4.69, 9.17) is 0 Å². The first kappa shape index (κ1) is 21.4. The third-order valence-electron chi connectivity index (χ3n) is 5.24. The summed E-state index contributed by atoms with van der Waals surface area (Å²) in [5.74, 6) is -0.721. The number of aryl methyl sites for hydroxylation is 1. The number of nitrogens with zero attached hydrogens (tertiary/aromatic N) is 2. The van der Waals surface area contributed by atoms with Crippen LogP contribution in [0.4, 0.5) is 4.39 Å². The Morgan fingerprint density at radius 2 is 1.79 bits per heavy atom. The average molecular weight is 421 g/mol. The van der Waals surface area contributed by atoms with Crippen LogP contribution in [-0.2, 0) is 21.4 Å². The van der Waals surface area contributed by atoms with Gasteiger partial charge in [0.05, 0.1) is 37.6 Å². The van der Waals surface area contributed by atoms with E-state index in [1.807, 2.05) is 0 Å². The fourth-order valence-electron chi connectivity index (χ4n) is 3.52. The van der Waals surface area contributed by atoms with Crippen LogP contribution in [0, 0.1) is 12.7 Å². The second-order valence-electron chi connectivity index (χ2n) is 7.51. The number of carbonyl (C=O) groups excluding carboxylic acids is 1. The summed E-state index contributed by atoms with van der Waals surface area (Å²) in [6, 6.07) is 13.0. The summed E-state index contributed by atoms with van der Waals surface area (Å²) < 4.78 is 39.2. The highest BCUT2D eigenvalue weighted by molar-refractivity contribution is 7.89. The van der Waals surface area contributed by atoms with Crippen molar-refractivity contribution in [3.8, 4) is 0 Å². The summed E-state index contributed by atoms with van der Waals surface area (Å²) in [6.07, 6.45) is 0. The second-order valence-corrected chi connectivity index (χ2v) is 9.56. The van der Waals surface area contributed by atoms with Crippen molar-refractivity contribution in [1.82, 2.24) is 9.21 Å². The lowest BCUT2D eigenvalue weighted by atomic mass is 10.1. The minimum Gasteiger partial charge on any atom is -0.330 e. The van der Waals surface area contributed by atoms with E-state index in [-0.39, 0.29) is 17.3 Å². The predicted octanol–water partition coefficient (Wildman–Crippen LogP) is 0.682. The van der Waals surface area contributed by atoms with Crippen LogP contribution in [0.3, 0.4) is 0 Å². The molecule has 1 N–H and O–H groups in total. The lowest BCUT2D eigenvalue weighted by Gasteiger charge is -2.33. The third kappa shape index (κ3) is 5.41. The van der Waals surface area contributed by atoms with Crippen molar-refractivity contribution < 1.29 is 22.5 Å². The summed E-state index contributed by atoms with van der Waals surface area (Å²) in [5, 5.41) is 0. The number of halogens is 1. The molecule has 0 saturated carbocycles. The number of carbonyl (C=O) groups is 1. The first-order valence-electron chi connectivity index (χ1n) is 9.64. The Hall–Kier alpha value is -2.29. The number of nitrogens with one attached hydrogen (secondary N) is 1. The van der Waals surface area contributed by atoms with Gasteiger partial charge in [-0.1, -0.05) is 29.8 Å². The Morgan fingerprint density at radius 1 is 1.14 bits per heavy atom. The zero-order valence-corrected chi connectivity index (χ0v) is 17.6. The van der Waals surface area contributed by atoms with Crippen LogP contribution in [0.1, 0.15) is 11.1 Å². The first-order valence-corrected chi connectivity index (χ1v) is 11.1. The molecule has 0 atom stereocenters. The van der Waals surface area contributed by atoms with E-state index in [0.29, 0.717) is 13.1 Å². The average Bonchev–Trinajstić information content (AvgIpc) is 2.69. The molecule has 1 aliphatic rings. The molecule has 0 radical (unpaired) electrons. The molecule has 1 fully saturated rings. The molecule has 6 nitrogen and oxygen atoms in total. The van der Waals surface area contributed by atoms with Gasteiger partial charge in [0.15, 0.2) is 0 Å². The van der Waals surface area contributed by atoms with Crippen LogP contribution in [0.15, 0.2) is 53.4 Å². The van der Waals surface area contributed by atoms with Crippen LogP contribution in [0.2, 0.25) is 0 Å². The number of hydrogen-bond donors (Lipinski definition) is 1. The summed E-state index contributed by atoms with van der Waals surface area (Å²) in [6.45, 7) is 5.62. The van der Waals surface area contributed by atoms with E-state index in [0.717, 1.165) is 36.1 Å². The van der Waals surface area contributed by atoms with Gasteiger partial charge >= 0.3 is 0 Å². The van der Waals surface area contributed by atoms with Crippen molar-refractivity contribution in [3.63, 3.8) is 0 Å². The van der Waals surface area contributed by atoms with Gasteiger partial charge in [-0.3, -0.25) is 4.79 Å². The molecule has 1 amide bonds. The third-order valence-corrected chi connectivity index (χ3v) is 7.06. The summed E-state index contributed by atoms with van der Waals surface area (Å²) in [4.78, 5) is 15.7. The molecule has 0 aromatic heterocycles. The van der Waals surface area contributed by atoms with Gasteiger partial charge in [-0.05, 0) is 31.2 Å². The Morgan fingerprint density at radius 3 is 2.41 bits per heavy atom. The molecule has 1 saturated heterocycles. The van der Waals surface area contributed by atoms with Crippen LogP contribution >= 0.6 is 0 Å². The molecule has 2 aromatic carbocycles. The molecule has 2 aromatic rings. The van der Waals surface area contributed by atoms with Gasteiger partial charge in [0.25, 0.3) is 0 Å². The normalized spacial score (nSPS) is 15.7. The molecule has 0 bridgehead atoms. The number of piperazine rings is 1. The molecule has 0 unspecified atom stereocenters. The smallest absolute Gasteiger partial charge is 0.243 e. The molecule has 8 heteroatoms. The molecule has 1 heterocycles. The Labute approximate surface area is 171 Å². The van der Waals surface area contributed by atoms with Crippen molar-refractivity contribution in [2.45, 2.75) is 18.4 Å². The summed E-state index contributed by atoms with van der Waals surface area (Å²) in [7, 11) is -2.46. The lowest BCUT2D eigenvalue weighted by molar-refractivity contribution is -0.917. The highest BCUT2D eigenvalue weighted by Crippen LogP contribution is 2.15. The Bertz CT molecular complexity index is 955. The van der Waals surface area contributed by atoms with Crippen molar-refractivity contribution in [2.75, 3.05) is 39.8 Å². The fraction of sp³-hybridized carbons (Fsp3) is 0.381. The zero-order chi connectivity index (χ0) is 21.0. The lowest BCUT2D eigenvalue weighted by Crippen LogP contribution is -3.13. The van der Waals surface area contributed by atoms with Crippen LogP contribution < -0.4 is 4.90 Å². The first-order chi connectivity index (χ1) is 13.8. The van der Waals surface area contributed by atoms with E-state index < -0.39 is 15.8 Å². The van der Waals surface area contributed by atoms with E-state index in [2.05, 4.69) is 31.2 Å². The van der Waals surface area contributed by atoms with Gasteiger partial charge in [0.1, 0.15) is 12.4 Å². The Kier molecular flexibility index (Phi) is 6.66. The van der Waals surface area contributed by atoms with Crippen LogP contribution in [-0.4, -0.2) is 63.3 Å².